The topological polar surface area (TPSA) is 109 Å². The maximum Gasteiger partial charge on any atom is 0.280 e. The van der Waals surface area contributed by atoms with Crippen LogP contribution in [0.5, 0.6) is 0 Å². The molecular weight excluding hydrogens is 176 g/mol. The molecule has 68 valence electrons. The summed E-state index contributed by atoms with van der Waals surface area (Å²) >= 11 is 0. The third-order valence-electron chi connectivity index (χ3n) is 1.44. The summed E-state index contributed by atoms with van der Waals surface area (Å²) in [5, 5.41) is 20.7. The van der Waals surface area contributed by atoms with Crippen molar-refractivity contribution in [3.8, 4) is 0 Å². The van der Waals surface area contributed by atoms with Crippen LogP contribution in [0.1, 0.15) is 10.4 Å². The highest BCUT2D eigenvalue weighted by Gasteiger charge is 2.13. The second-order valence-electron chi connectivity index (χ2n) is 2.32. The Labute approximate surface area is 72.7 Å². The van der Waals surface area contributed by atoms with Crippen LogP contribution in [0, 0.1) is 10.1 Å². The van der Waals surface area contributed by atoms with Crippen molar-refractivity contribution in [2.24, 2.45) is 0 Å². The summed E-state index contributed by atoms with van der Waals surface area (Å²) in [4.78, 5) is 19.9. The molecule has 0 saturated carbocycles. The molecule has 1 aromatic carbocycles. The summed E-state index contributed by atoms with van der Waals surface area (Å²) in [5.74, 6) is -1.59. The Balaban J connectivity index is 3.35. The molecule has 1 rings (SSSR count). The van der Waals surface area contributed by atoms with E-state index in [4.69, 9.17) is 5.73 Å². The minimum absolute atomic E-state index is 0.136. The van der Waals surface area contributed by atoms with Gasteiger partial charge in [0, 0.05) is 11.8 Å². The van der Waals surface area contributed by atoms with E-state index in [-0.39, 0.29) is 5.69 Å². The van der Waals surface area contributed by atoms with Crippen molar-refractivity contribution in [2.75, 3.05) is 5.73 Å². The van der Waals surface area contributed by atoms with E-state index in [2.05, 4.69) is 0 Å². The van der Waals surface area contributed by atoms with Gasteiger partial charge in [-0.1, -0.05) is 0 Å². The van der Waals surface area contributed by atoms with Crippen molar-refractivity contribution in [2.45, 2.75) is 0 Å². The van der Waals surface area contributed by atoms with Crippen molar-refractivity contribution >= 4 is 17.3 Å². The number of nitro groups is 1. The van der Waals surface area contributed by atoms with E-state index < -0.39 is 22.1 Å². The smallest absolute Gasteiger partial charge is 0.280 e. The lowest BCUT2D eigenvalue weighted by molar-refractivity contribution is -0.385. The van der Waals surface area contributed by atoms with Crippen LogP contribution >= 0.6 is 0 Å². The van der Waals surface area contributed by atoms with Crippen molar-refractivity contribution in [1.29, 1.82) is 0 Å². The summed E-state index contributed by atoms with van der Waals surface area (Å²) in [6.45, 7) is 0. The highest BCUT2D eigenvalue weighted by Crippen LogP contribution is 2.20. The second-order valence-corrected chi connectivity index (χ2v) is 2.32. The van der Waals surface area contributed by atoms with Gasteiger partial charge in [-0.3, -0.25) is 10.1 Å². The van der Waals surface area contributed by atoms with Crippen LogP contribution in [0.3, 0.4) is 0 Å². The average molecular weight is 181 g/mol. The molecule has 0 amide bonds. The van der Waals surface area contributed by atoms with Crippen molar-refractivity contribution in [1.82, 2.24) is 0 Å². The van der Waals surface area contributed by atoms with E-state index in [0.717, 1.165) is 12.1 Å². The zero-order chi connectivity index (χ0) is 10.0. The number of nitrogens with two attached hydrogens (primary N) is 1. The number of aromatic carboxylic acids is 1. The zero-order valence-corrected chi connectivity index (χ0v) is 6.39. The lowest BCUT2D eigenvalue weighted by Gasteiger charge is -2.03. The van der Waals surface area contributed by atoms with Crippen LogP contribution in [0.4, 0.5) is 11.4 Å². The monoisotopic (exact) mass is 181 g/mol. The molecule has 0 aliphatic rings. The number of hydrogen-bond donors (Lipinski definition) is 1. The number of nitrogen functional groups attached to an aromatic ring is 1. The van der Waals surface area contributed by atoms with E-state index in [9.17, 15) is 20.0 Å². The maximum atomic E-state index is 10.4. The summed E-state index contributed by atoms with van der Waals surface area (Å²) in [5.41, 5.74) is 4.35. The van der Waals surface area contributed by atoms with Gasteiger partial charge in [0.05, 0.1) is 16.5 Å². The largest absolute Gasteiger partial charge is 0.545 e. The number of carboxylic acid groups (broad SMARTS) is 1. The second kappa shape index (κ2) is 3.10. The molecule has 0 spiro atoms. The lowest BCUT2D eigenvalue weighted by Crippen LogP contribution is -2.23. The van der Waals surface area contributed by atoms with Gasteiger partial charge in [-0.05, 0) is 12.1 Å². The highest BCUT2D eigenvalue weighted by atomic mass is 16.6. The summed E-state index contributed by atoms with van der Waals surface area (Å²) in [7, 11) is 0. The number of carbonyl (C=O) groups excluding carboxylic acids is 1. The Morgan fingerprint density at radius 1 is 1.46 bits per heavy atom. The molecule has 0 unspecified atom stereocenters. The first kappa shape index (κ1) is 8.98. The standard InChI is InChI=1S/C7H6N2O4/c8-4-1-2-5(7(10)11)6(3-4)9(12)13/h1-3H,8H2,(H,10,11)/p-1. The lowest BCUT2D eigenvalue weighted by atomic mass is 10.1. The number of nitrogens with zero attached hydrogens (tertiary/aromatic N) is 1. The molecule has 1 aromatic rings. The first-order valence-corrected chi connectivity index (χ1v) is 3.27. The zero-order valence-electron chi connectivity index (χ0n) is 6.39. The number of carboxylic acids is 1. The van der Waals surface area contributed by atoms with Crippen molar-refractivity contribution in [3.05, 3.63) is 33.9 Å². The molecule has 0 bridgehead atoms. The predicted octanol–water partition coefficient (Wildman–Crippen LogP) is -0.459. The van der Waals surface area contributed by atoms with Crippen molar-refractivity contribution in [3.63, 3.8) is 0 Å². The fourth-order valence-corrected chi connectivity index (χ4v) is 0.872. The minimum Gasteiger partial charge on any atom is -0.545 e. The summed E-state index contributed by atoms with van der Waals surface area (Å²) < 4.78 is 0. The quantitative estimate of drug-likeness (QED) is 0.377. The Hall–Kier alpha value is -2.11. The van der Waals surface area contributed by atoms with Crippen LogP contribution in [-0.2, 0) is 0 Å². The molecular formula is C7H5N2O4-. The molecule has 0 atom stereocenters. The van der Waals surface area contributed by atoms with Gasteiger partial charge in [0.15, 0.2) is 0 Å². The molecule has 0 aliphatic heterocycles. The maximum absolute atomic E-state index is 10.4. The van der Waals surface area contributed by atoms with Crippen LogP contribution in [0.2, 0.25) is 0 Å². The third-order valence-corrected chi connectivity index (χ3v) is 1.44. The van der Waals surface area contributed by atoms with E-state index >= 15 is 0 Å². The molecule has 6 nitrogen and oxygen atoms in total. The number of rotatable bonds is 2. The molecule has 0 fully saturated rings. The minimum atomic E-state index is -1.59. The van der Waals surface area contributed by atoms with Crippen LogP contribution in [0.25, 0.3) is 0 Å². The summed E-state index contributed by atoms with van der Waals surface area (Å²) in [6.07, 6.45) is 0. The summed E-state index contributed by atoms with van der Waals surface area (Å²) in [6, 6.07) is 3.28. The van der Waals surface area contributed by atoms with Gasteiger partial charge in [0.2, 0.25) is 0 Å². The third kappa shape index (κ3) is 1.73. The van der Waals surface area contributed by atoms with Gasteiger partial charge in [-0.25, -0.2) is 0 Å². The molecule has 0 radical (unpaired) electrons. The predicted molar refractivity (Wildman–Crippen MR) is 41.8 cm³/mol. The number of anilines is 1. The Morgan fingerprint density at radius 2 is 2.08 bits per heavy atom. The van der Waals surface area contributed by atoms with Gasteiger partial charge in [0.25, 0.3) is 5.69 Å². The Bertz CT molecular complexity index is 375. The number of benzene rings is 1. The van der Waals surface area contributed by atoms with E-state index in [1.165, 1.54) is 6.07 Å². The van der Waals surface area contributed by atoms with Gasteiger partial charge in [-0.2, -0.15) is 0 Å². The van der Waals surface area contributed by atoms with Crippen molar-refractivity contribution < 1.29 is 14.8 Å². The van der Waals surface area contributed by atoms with Gasteiger partial charge >= 0.3 is 0 Å². The molecule has 13 heavy (non-hydrogen) atoms. The SMILES string of the molecule is Nc1ccc(C(=O)[O-])c([N+](=O)[O-])c1. The number of nitro benzene ring substituents is 1. The van der Waals surface area contributed by atoms with Crippen LogP contribution in [0.15, 0.2) is 18.2 Å². The Morgan fingerprint density at radius 3 is 2.54 bits per heavy atom. The van der Waals surface area contributed by atoms with E-state index in [1.54, 1.807) is 0 Å². The Kier molecular flexibility index (Phi) is 2.14. The van der Waals surface area contributed by atoms with Gasteiger partial charge in [-0.15, -0.1) is 0 Å². The fourth-order valence-electron chi connectivity index (χ4n) is 0.872. The first-order valence-electron chi connectivity index (χ1n) is 3.27. The number of hydrogen-bond acceptors (Lipinski definition) is 5. The molecule has 6 heteroatoms. The van der Waals surface area contributed by atoms with Gasteiger partial charge in [0.1, 0.15) is 0 Å². The van der Waals surface area contributed by atoms with Gasteiger partial charge < -0.3 is 15.6 Å². The normalized spacial score (nSPS) is 9.54. The molecule has 0 heterocycles. The highest BCUT2D eigenvalue weighted by molar-refractivity contribution is 5.91. The molecule has 0 aliphatic carbocycles. The first-order chi connectivity index (χ1) is 6.02. The van der Waals surface area contributed by atoms with Crippen LogP contribution < -0.4 is 10.8 Å². The average Bonchev–Trinajstić information content (AvgIpc) is 2.03. The molecule has 2 N–H and O–H groups in total. The molecule has 0 saturated heterocycles. The van der Waals surface area contributed by atoms with E-state index in [0.29, 0.717) is 0 Å². The fraction of sp³-hybridized carbons (Fsp3) is 0. The molecule has 0 aromatic heterocycles. The van der Waals surface area contributed by atoms with E-state index in [1.807, 2.05) is 0 Å². The van der Waals surface area contributed by atoms with Crippen LogP contribution in [-0.4, -0.2) is 10.9 Å². The number of carbonyl (C=O) groups is 1.